The van der Waals surface area contributed by atoms with Crippen molar-refractivity contribution in [1.82, 2.24) is 5.32 Å². The summed E-state index contributed by atoms with van der Waals surface area (Å²) in [5.74, 6) is -0.929. The summed E-state index contributed by atoms with van der Waals surface area (Å²) in [7, 11) is 0. The molecular formula is C17H21NO3. The molecule has 112 valence electrons. The van der Waals surface area contributed by atoms with E-state index in [9.17, 15) is 9.90 Å². The van der Waals surface area contributed by atoms with Crippen molar-refractivity contribution in [3.8, 4) is 0 Å². The molecule has 4 heteroatoms. The molecule has 0 amide bonds. The molecular weight excluding hydrogens is 266 g/mol. The van der Waals surface area contributed by atoms with E-state index in [1.165, 1.54) is 0 Å². The first-order chi connectivity index (χ1) is 9.99. The number of aliphatic carboxylic acids is 1. The average Bonchev–Trinajstić information content (AvgIpc) is 2.46. The van der Waals surface area contributed by atoms with Gasteiger partial charge < -0.3 is 15.5 Å². The number of rotatable bonds is 6. The molecule has 0 radical (unpaired) electrons. The van der Waals surface area contributed by atoms with Crippen molar-refractivity contribution in [2.24, 2.45) is 5.92 Å². The molecule has 0 heterocycles. The molecule has 0 aromatic heterocycles. The lowest BCUT2D eigenvalue weighted by molar-refractivity contribution is -0.140. The highest BCUT2D eigenvalue weighted by Crippen LogP contribution is 2.20. The second-order valence-electron chi connectivity index (χ2n) is 5.59. The third-order valence-corrected chi connectivity index (χ3v) is 3.62. The van der Waals surface area contributed by atoms with E-state index in [2.05, 4.69) is 5.32 Å². The van der Waals surface area contributed by atoms with Gasteiger partial charge in [-0.2, -0.15) is 0 Å². The minimum Gasteiger partial charge on any atom is -0.480 e. The van der Waals surface area contributed by atoms with Crippen LogP contribution < -0.4 is 5.32 Å². The zero-order valence-corrected chi connectivity index (χ0v) is 12.3. The van der Waals surface area contributed by atoms with Gasteiger partial charge in [-0.05, 0) is 28.3 Å². The van der Waals surface area contributed by atoms with Gasteiger partial charge in [-0.25, -0.2) is 0 Å². The van der Waals surface area contributed by atoms with Crippen LogP contribution in [0, 0.1) is 5.92 Å². The van der Waals surface area contributed by atoms with Crippen molar-refractivity contribution in [3.63, 3.8) is 0 Å². The summed E-state index contributed by atoms with van der Waals surface area (Å²) >= 11 is 0. The zero-order chi connectivity index (χ0) is 15.4. The first-order valence-electron chi connectivity index (χ1n) is 7.12. The van der Waals surface area contributed by atoms with Crippen LogP contribution in [0.25, 0.3) is 10.8 Å². The fourth-order valence-electron chi connectivity index (χ4n) is 2.38. The highest BCUT2D eigenvalue weighted by atomic mass is 16.4. The van der Waals surface area contributed by atoms with Gasteiger partial charge in [0.2, 0.25) is 0 Å². The van der Waals surface area contributed by atoms with E-state index < -0.39 is 18.1 Å². The predicted molar refractivity (Wildman–Crippen MR) is 83.2 cm³/mol. The molecule has 0 bridgehead atoms. The Morgan fingerprint density at radius 2 is 1.81 bits per heavy atom. The molecule has 0 fully saturated rings. The van der Waals surface area contributed by atoms with Crippen LogP contribution in [0.2, 0.25) is 0 Å². The molecule has 0 aliphatic heterocycles. The van der Waals surface area contributed by atoms with Gasteiger partial charge in [-0.1, -0.05) is 50.2 Å². The first kappa shape index (κ1) is 15.5. The Kier molecular flexibility index (Phi) is 4.94. The number of carboxylic acids is 1. The molecule has 0 saturated carbocycles. The Hall–Kier alpha value is -1.91. The SMILES string of the molecule is CC(C)C(NCC(O)c1ccc2ccccc2c1)C(=O)O. The second-order valence-corrected chi connectivity index (χ2v) is 5.59. The Labute approximate surface area is 124 Å². The number of hydrogen-bond acceptors (Lipinski definition) is 3. The number of aliphatic hydroxyl groups excluding tert-OH is 1. The molecule has 0 aliphatic rings. The fraction of sp³-hybridized carbons (Fsp3) is 0.353. The number of fused-ring (bicyclic) bond motifs is 1. The van der Waals surface area contributed by atoms with Crippen molar-refractivity contribution in [2.75, 3.05) is 6.54 Å². The quantitative estimate of drug-likeness (QED) is 0.763. The molecule has 2 aromatic rings. The Bertz CT molecular complexity index is 624. The molecule has 4 nitrogen and oxygen atoms in total. The zero-order valence-electron chi connectivity index (χ0n) is 12.3. The van der Waals surface area contributed by atoms with Crippen molar-refractivity contribution >= 4 is 16.7 Å². The largest absolute Gasteiger partial charge is 0.480 e. The maximum Gasteiger partial charge on any atom is 0.320 e. The molecule has 2 atom stereocenters. The summed E-state index contributed by atoms with van der Waals surface area (Å²) < 4.78 is 0. The second kappa shape index (κ2) is 6.70. The number of carbonyl (C=O) groups is 1. The third-order valence-electron chi connectivity index (χ3n) is 3.62. The topological polar surface area (TPSA) is 69.6 Å². The van der Waals surface area contributed by atoms with Crippen molar-refractivity contribution in [2.45, 2.75) is 26.0 Å². The molecule has 3 N–H and O–H groups in total. The summed E-state index contributed by atoms with van der Waals surface area (Å²) in [6.07, 6.45) is -0.727. The number of hydrogen-bond donors (Lipinski definition) is 3. The summed E-state index contributed by atoms with van der Waals surface area (Å²) in [6, 6.07) is 13.1. The minimum absolute atomic E-state index is 0.0358. The molecule has 21 heavy (non-hydrogen) atoms. The molecule has 2 rings (SSSR count). The van der Waals surface area contributed by atoms with Gasteiger partial charge in [0.25, 0.3) is 0 Å². The van der Waals surface area contributed by atoms with Gasteiger partial charge in [0.05, 0.1) is 6.10 Å². The van der Waals surface area contributed by atoms with E-state index in [4.69, 9.17) is 5.11 Å². The van der Waals surface area contributed by atoms with Gasteiger partial charge in [-0.15, -0.1) is 0 Å². The monoisotopic (exact) mass is 287 g/mol. The maximum atomic E-state index is 11.1. The van der Waals surface area contributed by atoms with Crippen molar-refractivity contribution < 1.29 is 15.0 Å². The van der Waals surface area contributed by atoms with Crippen LogP contribution in [0.1, 0.15) is 25.5 Å². The lowest BCUT2D eigenvalue weighted by Crippen LogP contribution is -2.42. The average molecular weight is 287 g/mol. The van der Waals surface area contributed by atoms with E-state index in [1.54, 1.807) is 0 Å². The standard InChI is InChI=1S/C17H21NO3/c1-11(2)16(17(20)21)18-10-15(19)14-8-7-12-5-3-4-6-13(12)9-14/h3-9,11,15-16,18-19H,10H2,1-2H3,(H,20,21). The fourth-order valence-corrected chi connectivity index (χ4v) is 2.38. The molecule has 2 unspecified atom stereocenters. The maximum absolute atomic E-state index is 11.1. The molecule has 0 saturated heterocycles. The van der Waals surface area contributed by atoms with Gasteiger partial charge in [-0.3, -0.25) is 4.79 Å². The van der Waals surface area contributed by atoms with E-state index in [1.807, 2.05) is 56.3 Å². The third kappa shape index (κ3) is 3.80. The summed E-state index contributed by atoms with van der Waals surface area (Å²) in [5, 5.41) is 24.5. The van der Waals surface area contributed by atoms with Gasteiger partial charge in [0, 0.05) is 6.54 Å². The number of nitrogens with one attached hydrogen (secondary N) is 1. The smallest absolute Gasteiger partial charge is 0.320 e. The van der Waals surface area contributed by atoms with Crippen LogP contribution in [0.3, 0.4) is 0 Å². The minimum atomic E-state index is -0.893. The summed E-state index contributed by atoms with van der Waals surface area (Å²) in [5.41, 5.74) is 0.786. The van der Waals surface area contributed by atoms with Crippen LogP contribution >= 0.6 is 0 Å². The highest BCUT2D eigenvalue weighted by molar-refractivity contribution is 5.83. The first-order valence-corrected chi connectivity index (χ1v) is 7.12. The normalized spacial score (nSPS) is 14.3. The molecule has 0 spiro atoms. The van der Waals surface area contributed by atoms with Gasteiger partial charge >= 0.3 is 5.97 Å². The van der Waals surface area contributed by atoms with Gasteiger partial charge in [0.1, 0.15) is 6.04 Å². The predicted octanol–water partition coefficient (Wildman–Crippen LogP) is 2.57. The Morgan fingerprint density at radius 3 is 2.43 bits per heavy atom. The Balaban J connectivity index is 2.08. The van der Waals surface area contributed by atoms with Crippen LogP contribution in [-0.2, 0) is 4.79 Å². The lowest BCUT2D eigenvalue weighted by Gasteiger charge is -2.20. The van der Waals surface area contributed by atoms with Crippen LogP contribution in [0.15, 0.2) is 42.5 Å². The van der Waals surface area contributed by atoms with E-state index in [0.29, 0.717) is 0 Å². The lowest BCUT2D eigenvalue weighted by atomic mass is 10.0. The van der Waals surface area contributed by atoms with Crippen LogP contribution in [-0.4, -0.2) is 28.8 Å². The number of carboxylic acid groups (broad SMARTS) is 1. The van der Waals surface area contributed by atoms with Gasteiger partial charge in [0.15, 0.2) is 0 Å². The molecule has 0 aliphatic carbocycles. The van der Waals surface area contributed by atoms with E-state index in [-0.39, 0.29) is 12.5 Å². The van der Waals surface area contributed by atoms with Crippen molar-refractivity contribution in [3.05, 3.63) is 48.0 Å². The van der Waals surface area contributed by atoms with E-state index in [0.717, 1.165) is 16.3 Å². The van der Waals surface area contributed by atoms with E-state index >= 15 is 0 Å². The number of aliphatic hydroxyl groups is 1. The number of benzene rings is 2. The summed E-state index contributed by atoms with van der Waals surface area (Å²) in [6.45, 7) is 3.90. The van der Waals surface area contributed by atoms with Crippen LogP contribution in [0.5, 0.6) is 0 Å². The highest BCUT2D eigenvalue weighted by Gasteiger charge is 2.22. The van der Waals surface area contributed by atoms with Crippen LogP contribution in [0.4, 0.5) is 0 Å². The Morgan fingerprint density at radius 1 is 1.14 bits per heavy atom. The molecule has 2 aromatic carbocycles. The van der Waals surface area contributed by atoms with Crippen molar-refractivity contribution in [1.29, 1.82) is 0 Å². The summed E-state index contributed by atoms with van der Waals surface area (Å²) in [4.78, 5) is 11.1.